The van der Waals surface area contributed by atoms with Crippen LogP contribution in [0.5, 0.6) is 0 Å². The number of nitrogens with zero attached hydrogens (tertiary/aromatic N) is 2. The fourth-order valence-corrected chi connectivity index (χ4v) is 3.44. The van der Waals surface area contributed by atoms with Crippen molar-refractivity contribution in [1.29, 1.82) is 0 Å². The molecule has 6 nitrogen and oxygen atoms in total. The summed E-state index contributed by atoms with van der Waals surface area (Å²) in [5.74, 6) is 0.0742. The van der Waals surface area contributed by atoms with E-state index in [9.17, 15) is 4.79 Å². The van der Waals surface area contributed by atoms with Gasteiger partial charge in [-0.05, 0) is 54.8 Å². The van der Waals surface area contributed by atoms with E-state index in [0.717, 1.165) is 23.2 Å². The van der Waals surface area contributed by atoms with Gasteiger partial charge in [0, 0.05) is 46.7 Å². The molecule has 0 aliphatic carbocycles. The third kappa shape index (κ3) is 5.10. The summed E-state index contributed by atoms with van der Waals surface area (Å²) in [6.45, 7) is 2.46. The molecule has 31 heavy (non-hydrogen) atoms. The first-order valence-corrected chi connectivity index (χ1v) is 10.3. The number of guanidine groups is 1. The van der Waals surface area contributed by atoms with E-state index in [1.165, 1.54) is 17.1 Å². The van der Waals surface area contributed by atoms with Gasteiger partial charge in [-0.2, -0.15) is 0 Å². The number of aromatic amines is 1. The number of halogens is 1. The minimum absolute atomic E-state index is 0.286. The molecular formula is C24H22ClN5O. The summed E-state index contributed by atoms with van der Waals surface area (Å²) in [6, 6.07) is 17.1. The Kier molecular flexibility index (Phi) is 6.29. The second-order valence-corrected chi connectivity index (χ2v) is 7.56. The molecule has 0 aliphatic rings. The largest absolute Gasteiger partial charge is 0.361 e. The Morgan fingerprint density at radius 1 is 1.16 bits per heavy atom. The summed E-state index contributed by atoms with van der Waals surface area (Å²) in [5, 5.41) is 7.85. The zero-order valence-corrected chi connectivity index (χ0v) is 17.8. The lowest BCUT2D eigenvalue weighted by atomic mass is 10.1. The monoisotopic (exact) mass is 431 g/mol. The number of hydrogen-bond acceptors (Lipinski definition) is 3. The highest BCUT2D eigenvalue weighted by Crippen LogP contribution is 2.20. The van der Waals surface area contributed by atoms with Crippen molar-refractivity contribution in [1.82, 2.24) is 15.3 Å². The molecule has 0 radical (unpaired) electrons. The van der Waals surface area contributed by atoms with Crippen molar-refractivity contribution in [2.45, 2.75) is 13.3 Å². The van der Waals surface area contributed by atoms with Crippen molar-refractivity contribution in [3.63, 3.8) is 0 Å². The Labute approximate surface area is 185 Å². The number of benzene rings is 2. The highest BCUT2D eigenvalue weighted by atomic mass is 35.5. The number of aliphatic imine (C=N–C) groups is 1. The molecule has 4 aromatic rings. The van der Waals surface area contributed by atoms with E-state index in [0.29, 0.717) is 23.1 Å². The van der Waals surface area contributed by atoms with Crippen LogP contribution < -0.4 is 10.6 Å². The van der Waals surface area contributed by atoms with Gasteiger partial charge in [0.25, 0.3) is 5.91 Å². The molecule has 3 N–H and O–H groups in total. The smallest absolute Gasteiger partial charge is 0.259 e. The predicted molar refractivity (Wildman–Crippen MR) is 126 cm³/mol. The van der Waals surface area contributed by atoms with Gasteiger partial charge in [-0.3, -0.25) is 20.1 Å². The SMILES string of the molecule is Cc1ccc(Cl)cc1NC(=NCCc1c[nH]c2ccccc12)NC(=O)c1cccnc1. The molecule has 4 rings (SSSR count). The van der Waals surface area contributed by atoms with Gasteiger partial charge < -0.3 is 10.3 Å². The minimum Gasteiger partial charge on any atom is -0.361 e. The highest BCUT2D eigenvalue weighted by Gasteiger charge is 2.11. The Hall–Kier alpha value is -3.64. The Balaban J connectivity index is 1.54. The van der Waals surface area contributed by atoms with E-state index in [1.807, 2.05) is 49.5 Å². The van der Waals surface area contributed by atoms with Crippen LogP contribution in [-0.4, -0.2) is 28.4 Å². The summed E-state index contributed by atoms with van der Waals surface area (Å²) >= 11 is 6.15. The molecule has 7 heteroatoms. The fourth-order valence-electron chi connectivity index (χ4n) is 3.27. The molecule has 0 atom stereocenters. The molecule has 156 valence electrons. The summed E-state index contributed by atoms with van der Waals surface area (Å²) in [6.07, 6.45) is 5.87. The van der Waals surface area contributed by atoms with E-state index in [4.69, 9.17) is 11.6 Å². The molecule has 1 amide bonds. The number of aromatic nitrogens is 2. The van der Waals surface area contributed by atoms with E-state index in [1.54, 1.807) is 18.3 Å². The summed E-state index contributed by atoms with van der Waals surface area (Å²) in [7, 11) is 0. The van der Waals surface area contributed by atoms with Crippen LogP contribution in [-0.2, 0) is 6.42 Å². The number of carbonyl (C=O) groups is 1. The number of rotatable bonds is 5. The molecule has 0 fully saturated rings. The summed E-state index contributed by atoms with van der Waals surface area (Å²) in [5.41, 5.74) is 4.50. The number of nitrogens with one attached hydrogen (secondary N) is 3. The normalized spacial score (nSPS) is 11.5. The van der Waals surface area contributed by atoms with Gasteiger partial charge in [-0.15, -0.1) is 0 Å². The number of fused-ring (bicyclic) bond motifs is 1. The fraction of sp³-hybridized carbons (Fsp3) is 0.125. The second-order valence-electron chi connectivity index (χ2n) is 7.12. The third-order valence-corrected chi connectivity index (χ3v) is 5.17. The maximum atomic E-state index is 12.7. The van der Waals surface area contributed by atoms with Gasteiger partial charge >= 0.3 is 0 Å². The molecule has 0 saturated carbocycles. The first kappa shape index (κ1) is 20.6. The van der Waals surface area contributed by atoms with Gasteiger partial charge in [0.2, 0.25) is 5.96 Å². The van der Waals surface area contributed by atoms with Crippen LogP contribution >= 0.6 is 11.6 Å². The Morgan fingerprint density at radius 2 is 2.03 bits per heavy atom. The van der Waals surface area contributed by atoms with Crippen molar-refractivity contribution in [3.05, 3.63) is 94.9 Å². The van der Waals surface area contributed by atoms with Crippen LogP contribution in [0.4, 0.5) is 5.69 Å². The van der Waals surface area contributed by atoms with Crippen LogP contribution in [0, 0.1) is 6.92 Å². The molecule has 0 saturated heterocycles. The second kappa shape index (κ2) is 9.45. The molecule has 0 aliphatic heterocycles. The minimum atomic E-state index is -0.286. The number of anilines is 1. The zero-order valence-electron chi connectivity index (χ0n) is 17.0. The number of amides is 1. The van der Waals surface area contributed by atoms with Crippen LogP contribution in [0.15, 0.2) is 78.2 Å². The maximum Gasteiger partial charge on any atom is 0.259 e. The Bertz CT molecular complexity index is 1230. The topological polar surface area (TPSA) is 82.2 Å². The highest BCUT2D eigenvalue weighted by molar-refractivity contribution is 6.31. The molecule has 0 unspecified atom stereocenters. The number of hydrogen-bond donors (Lipinski definition) is 3. The van der Waals surface area contributed by atoms with Crippen molar-refractivity contribution in [3.8, 4) is 0 Å². The van der Waals surface area contributed by atoms with Gasteiger partial charge in [-0.25, -0.2) is 0 Å². The molecule has 2 heterocycles. The lowest BCUT2D eigenvalue weighted by Crippen LogP contribution is -2.36. The number of aryl methyl sites for hydroxylation is 1. The average molecular weight is 432 g/mol. The van der Waals surface area contributed by atoms with Crippen LogP contribution in [0.3, 0.4) is 0 Å². The lowest BCUT2D eigenvalue weighted by Gasteiger charge is -2.14. The number of H-pyrrole nitrogens is 1. The van der Waals surface area contributed by atoms with E-state index < -0.39 is 0 Å². The standard InChI is InChI=1S/C24H22ClN5O/c1-16-8-9-19(25)13-22(16)29-24(30-23(31)18-5-4-11-26-14-18)27-12-10-17-15-28-21-7-3-2-6-20(17)21/h2-9,11,13-15,28H,10,12H2,1H3,(H2,27,29,30,31). The van der Waals surface area contributed by atoms with Gasteiger partial charge in [-0.1, -0.05) is 35.9 Å². The summed E-state index contributed by atoms with van der Waals surface area (Å²) < 4.78 is 0. The molecule has 0 spiro atoms. The Morgan fingerprint density at radius 3 is 2.87 bits per heavy atom. The van der Waals surface area contributed by atoms with Crippen molar-refractivity contribution in [2.75, 3.05) is 11.9 Å². The summed E-state index contributed by atoms with van der Waals surface area (Å²) in [4.78, 5) is 24.6. The maximum absolute atomic E-state index is 12.7. The number of pyridine rings is 1. The molecule has 0 bridgehead atoms. The molecule has 2 aromatic heterocycles. The average Bonchev–Trinajstić information content (AvgIpc) is 3.20. The third-order valence-electron chi connectivity index (χ3n) is 4.93. The van der Waals surface area contributed by atoms with E-state index in [2.05, 4.69) is 31.7 Å². The number of carbonyl (C=O) groups excluding carboxylic acids is 1. The van der Waals surface area contributed by atoms with Crippen LogP contribution in [0.25, 0.3) is 10.9 Å². The lowest BCUT2D eigenvalue weighted by molar-refractivity contribution is 0.0976. The number of para-hydroxylation sites is 1. The van der Waals surface area contributed by atoms with Gasteiger partial charge in [0.1, 0.15) is 0 Å². The van der Waals surface area contributed by atoms with Crippen LogP contribution in [0.1, 0.15) is 21.5 Å². The van der Waals surface area contributed by atoms with Gasteiger partial charge in [0.05, 0.1) is 5.56 Å². The van der Waals surface area contributed by atoms with E-state index in [-0.39, 0.29) is 5.91 Å². The van der Waals surface area contributed by atoms with Crippen molar-refractivity contribution in [2.24, 2.45) is 4.99 Å². The van der Waals surface area contributed by atoms with Gasteiger partial charge in [0.15, 0.2) is 0 Å². The quantitative estimate of drug-likeness (QED) is 0.308. The van der Waals surface area contributed by atoms with Crippen molar-refractivity contribution >= 4 is 40.1 Å². The van der Waals surface area contributed by atoms with E-state index >= 15 is 0 Å². The molecular weight excluding hydrogens is 410 g/mol. The molecule has 2 aromatic carbocycles. The first-order chi connectivity index (χ1) is 15.1. The first-order valence-electron chi connectivity index (χ1n) is 9.94. The predicted octanol–water partition coefficient (Wildman–Crippen LogP) is 4.97. The van der Waals surface area contributed by atoms with Crippen molar-refractivity contribution < 1.29 is 4.79 Å². The zero-order chi connectivity index (χ0) is 21.6. The van der Waals surface area contributed by atoms with Crippen LogP contribution in [0.2, 0.25) is 5.02 Å².